The number of anilines is 2. The summed E-state index contributed by atoms with van der Waals surface area (Å²) in [7, 11) is 1.37. The summed E-state index contributed by atoms with van der Waals surface area (Å²) < 4.78 is 10.7. The summed E-state index contributed by atoms with van der Waals surface area (Å²) in [6, 6.07) is 13.8. The highest BCUT2D eigenvalue weighted by atomic mass is 32.1. The molecule has 0 aliphatic carbocycles. The molecule has 4 aromatic rings. The van der Waals surface area contributed by atoms with E-state index in [-0.39, 0.29) is 0 Å². The molecular weight excluding hydrogens is 466 g/mol. The first-order chi connectivity index (χ1) is 16.5. The van der Waals surface area contributed by atoms with E-state index in [0.717, 1.165) is 33.9 Å². The first-order valence-electron chi connectivity index (χ1n) is 11.1. The van der Waals surface area contributed by atoms with Gasteiger partial charge in [-0.3, -0.25) is 0 Å². The van der Waals surface area contributed by atoms with Crippen LogP contribution >= 0.6 is 22.7 Å². The van der Waals surface area contributed by atoms with E-state index >= 15 is 0 Å². The van der Waals surface area contributed by atoms with Crippen molar-refractivity contribution >= 4 is 39.6 Å². The van der Waals surface area contributed by atoms with Gasteiger partial charge >= 0.3 is 5.97 Å². The third-order valence-corrected chi connectivity index (χ3v) is 6.95. The number of benzene rings is 1. The number of hydrogen-bond donors (Lipinski definition) is 1. The molecule has 0 bridgehead atoms. The highest BCUT2D eigenvalue weighted by molar-refractivity contribution is 7.16. The summed E-state index contributed by atoms with van der Waals surface area (Å²) in [6.45, 7) is 6.95. The van der Waals surface area contributed by atoms with Crippen LogP contribution in [0.1, 0.15) is 36.0 Å². The summed E-state index contributed by atoms with van der Waals surface area (Å²) in [5.41, 5.74) is 3.15. The number of ether oxygens (including phenoxy) is 2. The highest BCUT2D eigenvalue weighted by Gasteiger charge is 2.19. The van der Waals surface area contributed by atoms with Gasteiger partial charge in [0.2, 0.25) is 0 Å². The number of methoxy groups -OCH3 is 1. The molecule has 1 aromatic carbocycles. The van der Waals surface area contributed by atoms with Crippen molar-refractivity contribution in [1.82, 2.24) is 9.97 Å². The van der Waals surface area contributed by atoms with Crippen LogP contribution in [0, 0.1) is 5.92 Å². The normalized spacial score (nSPS) is 11.0. The summed E-state index contributed by atoms with van der Waals surface area (Å²) in [5, 5.41) is 5.94. The zero-order valence-corrected chi connectivity index (χ0v) is 21.3. The van der Waals surface area contributed by atoms with Gasteiger partial charge in [0.05, 0.1) is 19.4 Å². The average molecular weight is 494 g/mol. The number of nitrogens with zero attached hydrogens (tertiary/aromatic N) is 2. The van der Waals surface area contributed by atoms with Crippen molar-refractivity contribution < 1.29 is 14.3 Å². The van der Waals surface area contributed by atoms with Gasteiger partial charge in [-0.2, -0.15) is 0 Å². The minimum absolute atomic E-state index is 0.369. The summed E-state index contributed by atoms with van der Waals surface area (Å²) in [4.78, 5) is 24.2. The Labute approximate surface area is 207 Å². The van der Waals surface area contributed by atoms with Gasteiger partial charge in [-0.05, 0) is 48.9 Å². The molecule has 3 aromatic heterocycles. The minimum atomic E-state index is -0.447. The molecule has 0 unspecified atom stereocenters. The molecule has 0 saturated heterocycles. The molecule has 176 valence electrons. The van der Waals surface area contributed by atoms with Crippen molar-refractivity contribution in [2.75, 3.05) is 19.0 Å². The fourth-order valence-corrected chi connectivity index (χ4v) is 5.45. The second-order valence-corrected chi connectivity index (χ2v) is 10.1. The number of thiazole rings is 1. The first-order valence-corrected chi connectivity index (χ1v) is 12.8. The average Bonchev–Trinajstić information content (AvgIpc) is 3.49. The lowest BCUT2D eigenvalue weighted by atomic mass is 10.0. The molecule has 0 saturated carbocycles. The number of hydrogen-bond acceptors (Lipinski definition) is 8. The van der Waals surface area contributed by atoms with Crippen LogP contribution in [0.15, 0.2) is 54.0 Å². The standard InChI is InChI=1S/C26H27N3O3S2/c1-5-32-19-9-6-8-17(13-19)23-22(12-16(2)3)34-26(28-23)29-24-20(25(30)31-4)14-18(15-27-24)21-10-7-11-33-21/h6-11,13-16H,5,12H2,1-4H3,(H,27,28,29). The largest absolute Gasteiger partial charge is 0.494 e. The number of nitrogens with one attached hydrogen (secondary N) is 1. The van der Waals surface area contributed by atoms with Gasteiger partial charge in [-0.1, -0.05) is 32.0 Å². The Hall–Kier alpha value is -3.23. The SMILES string of the molecule is CCOc1cccc(-c2nc(Nc3ncc(-c4cccs4)cc3C(=O)OC)sc2CC(C)C)c1. The number of carbonyl (C=O) groups excluding carboxylic acids is 1. The molecule has 0 atom stereocenters. The van der Waals surface area contributed by atoms with E-state index in [2.05, 4.69) is 24.1 Å². The van der Waals surface area contributed by atoms with Crippen LogP contribution < -0.4 is 10.1 Å². The smallest absolute Gasteiger partial charge is 0.341 e. The Balaban J connectivity index is 1.71. The topological polar surface area (TPSA) is 73.3 Å². The Morgan fingerprint density at radius 2 is 2.00 bits per heavy atom. The number of carbonyl (C=O) groups is 1. The minimum Gasteiger partial charge on any atom is -0.494 e. The third-order valence-electron chi connectivity index (χ3n) is 5.03. The van der Waals surface area contributed by atoms with Crippen LogP contribution in [0.25, 0.3) is 21.7 Å². The predicted molar refractivity (Wildman–Crippen MR) is 139 cm³/mol. The van der Waals surface area contributed by atoms with Crippen molar-refractivity contribution in [3.63, 3.8) is 0 Å². The summed E-state index contributed by atoms with van der Waals surface area (Å²) in [6.07, 6.45) is 2.65. The number of thiophene rings is 1. The van der Waals surface area contributed by atoms with Gasteiger partial charge in [0.25, 0.3) is 0 Å². The maximum absolute atomic E-state index is 12.6. The molecule has 1 N–H and O–H groups in total. The second kappa shape index (κ2) is 10.8. The van der Waals surface area contributed by atoms with Crippen LogP contribution in [-0.2, 0) is 11.2 Å². The molecule has 34 heavy (non-hydrogen) atoms. The molecular formula is C26H27N3O3S2. The molecule has 0 amide bonds. The van der Waals surface area contributed by atoms with E-state index in [0.29, 0.717) is 29.0 Å². The van der Waals surface area contributed by atoms with Crippen LogP contribution in [0.4, 0.5) is 10.9 Å². The predicted octanol–water partition coefficient (Wildman–Crippen LogP) is 7.06. The van der Waals surface area contributed by atoms with Crippen LogP contribution in [0.5, 0.6) is 5.75 Å². The van der Waals surface area contributed by atoms with E-state index in [9.17, 15) is 4.79 Å². The summed E-state index contributed by atoms with van der Waals surface area (Å²) >= 11 is 3.17. The molecule has 6 nitrogen and oxygen atoms in total. The zero-order valence-electron chi connectivity index (χ0n) is 19.6. The van der Waals surface area contributed by atoms with Crippen molar-refractivity contribution in [3.8, 4) is 27.4 Å². The van der Waals surface area contributed by atoms with Gasteiger partial charge in [0, 0.05) is 27.1 Å². The van der Waals surface area contributed by atoms with E-state index in [1.54, 1.807) is 28.9 Å². The molecule has 0 fully saturated rings. The van der Waals surface area contributed by atoms with Crippen LogP contribution in [-0.4, -0.2) is 29.7 Å². The van der Waals surface area contributed by atoms with Gasteiger partial charge in [0.1, 0.15) is 17.1 Å². The molecule has 0 aliphatic heterocycles. The van der Waals surface area contributed by atoms with Crippen LogP contribution in [0.3, 0.4) is 0 Å². The quantitative estimate of drug-likeness (QED) is 0.252. The molecule has 0 aliphatic rings. The maximum Gasteiger partial charge on any atom is 0.341 e. The lowest BCUT2D eigenvalue weighted by Crippen LogP contribution is -2.07. The Kier molecular flexibility index (Phi) is 7.59. The van der Waals surface area contributed by atoms with Gasteiger partial charge in [-0.25, -0.2) is 14.8 Å². The Bertz CT molecular complexity index is 1270. The van der Waals surface area contributed by atoms with Crippen LogP contribution in [0.2, 0.25) is 0 Å². The van der Waals surface area contributed by atoms with E-state index in [1.807, 2.05) is 54.8 Å². The van der Waals surface area contributed by atoms with Gasteiger partial charge in [0.15, 0.2) is 5.13 Å². The van der Waals surface area contributed by atoms with Crippen molar-refractivity contribution in [2.24, 2.45) is 5.92 Å². The van der Waals surface area contributed by atoms with Gasteiger partial charge < -0.3 is 14.8 Å². The molecule has 8 heteroatoms. The number of esters is 1. The number of pyridine rings is 1. The molecule has 4 rings (SSSR count). The lowest BCUT2D eigenvalue weighted by Gasteiger charge is -2.09. The maximum atomic E-state index is 12.6. The summed E-state index contributed by atoms with van der Waals surface area (Å²) in [5.74, 6) is 1.26. The lowest BCUT2D eigenvalue weighted by molar-refractivity contribution is 0.0601. The van der Waals surface area contributed by atoms with Gasteiger partial charge in [-0.15, -0.1) is 22.7 Å². The highest BCUT2D eigenvalue weighted by Crippen LogP contribution is 2.36. The van der Waals surface area contributed by atoms with E-state index in [1.165, 1.54) is 12.0 Å². The molecule has 0 radical (unpaired) electrons. The van der Waals surface area contributed by atoms with E-state index in [4.69, 9.17) is 14.5 Å². The fraction of sp³-hybridized carbons (Fsp3) is 0.269. The Morgan fingerprint density at radius 1 is 1.15 bits per heavy atom. The van der Waals surface area contributed by atoms with E-state index < -0.39 is 5.97 Å². The zero-order chi connectivity index (χ0) is 24.1. The Morgan fingerprint density at radius 3 is 2.71 bits per heavy atom. The third kappa shape index (κ3) is 5.46. The first kappa shape index (κ1) is 23.9. The van der Waals surface area contributed by atoms with Crippen molar-refractivity contribution in [2.45, 2.75) is 27.2 Å². The number of rotatable bonds is 9. The van der Waals surface area contributed by atoms with Crippen molar-refractivity contribution in [1.29, 1.82) is 0 Å². The monoisotopic (exact) mass is 493 g/mol. The van der Waals surface area contributed by atoms with Crippen molar-refractivity contribution in [3.05, 3.63) is 64.5 Å². The fourth-order valence-electron chi connectivity index (χ4n) is 3.55. The molecule has 3 heterocycles. The molecule has 0 spiro atoms. The number of aromatic nitrogens is 2. The second-order valence-electron chi connectivity index (χ2n) is 8.06.